The van der Waals surface area contributed by atoms with Crippen LogP contribution < -0.4 is 11.0 Å². The van der Waals surface area contributed by atoms with Gasteiger partial charge in [-0.3, -0.25) is 4.68 Å². The number of H-pyrrole nitrogens is 2. The molecule has 0 aliphatic rings. The summed E-state index contributed by atoms with van der Waals surface area (Å²) in [6, 6.07) is 5.73. The van der Waals surface area contributed by atoms with E-state index in [1.165, 1.54) is 0 Å². The zero-order valence-electron chi connectivity index (χ0n) is 10.2. The monoisotopic (exact) mass is 321 g/mol. The van der Waals surface area contributed by atoms with Gasteiger partial charge in [0.2, 0.25) is 0 Å². The predicted octanol–water partition coefficient (Wildman–Crippen LogP) is 1.96. The van der Waals surface area contributed by atoms with Gasteiger partial charge in [-0.1, -0.05) is 0 Å². The number of nitrogens with zero attached hydrogens (tertiary/aromatic N) is 2. The lowest BCUT2D eigenvalue weighted by Crippen LogP contribution is -2.05. The molecular weight excluding hydrogens is 310 g/mol. The van der Waals surface area contributed by atoms with Crippen LogP contribution in [0.15, 0.2) is 33.7 Å². The zero-order valence-corrected chi connectivity index (χ0v) is 11.8. The summed E-state index contributed by atoms with van der Waals surface area (Å²) in [6.07, 6.45) is 1.76. The number of aromatic amines is 2. The maximum Gasteiger partial charge on any atom is 0.323 e. The van der Waals surface area contributed by atoms with Gasteiger partial charge in [0.1, 0.15) is 0 Å². The average molecular weight is 322 g/mol. The Balaban J connectivity index is 1.90. The van der Waals surface area contributed by atoms with Crippen LogP contribution in [0.1, 0.15) is 5.69 Å². The van der Waals surface area contributed by atoms with Crippen LogP contribution in [0.2, 0.25) is 0 Å². The van der Waals surface area contributed by atoms with E-state index in [1.54, 1.807) is 6.20 Å². The number of aryl methyl sites for hydroxylation is 1. The number of benzene rings is 1. The molecule has 2 aromatic heterocycles. The minimum atomic E-state index is -0.203. The lowest BCUT2D eigenvalue weighted by atomic mass is 10.2. The number of anilines is 1. The molecule has 0 aliphatic heterocycles. The van der Waals surface area contributed by atoms with Gasteiger partial charge >= 0.3 is 5.69 Å². The number of rotatable bonds is 3. The SMILES string of the molecule is Cn1nccc1CNc1cc2[nH]c(=O)[nH]c2cc1Br. The first kappa shape index (κ1) is 12.0. The van der Waals surface area contributed by atoms with Crippen molar-refractivity contribution >= 4 is 32.7 Å². The molecule has 19 heavy (non-hydrogen) atoms. The molecule has 0 bridgehead atoms. The standard InChI is InChI=1S/C12H12BrN5O/c1-18-7(2-3-15-18)6-14-9-5-11-10(4-8(9)13)16-12(19)17-11/h2-5,14H,6H2,1H3,(H2,16,17,19). The summed E-state index contributed by atoms with van der Waals surface area (Å²) in [5.74, 6) is 0. The van der Waals surface area contributed by atoms with Crippen molar-refractivity contribution in [3.63, 3.8) is 0 Å². The van der Waals surface area contributed by atoms with Gasteiger partial charge in [-0.15, -0.1) is 0 Å². The van der Waals surface area contributed by atoms with Crippen LogP contribution in [-0.4, -0.2) is 19.7 Å². The number of halogens is 1. The van der Waals surface area contributed by atoms with E-state index in [9.17, 15) is 4.79 Å². The van der Waals surface area contributed by atoms with Gasteiger partial charge in [0, 0.05) is 17.7 Å². The van der Waals surface area contributed by atoms with Gasteiger partial charge in [-0.05, 0) is 34.1 Å². The number of aromatic nitrogens is 4. The van der Waals surface area contributed by atoms with Crippen molar-refractivity contribution in [2.75, 3.05) is 5.32 Å². The third-order valence-corrected chi connectivity index (χ3v) is 3.64. The fourth-order valence-corrected chi connectivity index (χ4v) is 2.44. The molecule has 1 aromatic carbocycles. The van der Waals surface area contributed by atoms with Crippen LogP contribution in [0.25, 0.3) is 11.0 Å². The van der Waals surface area contributed by atoms with Crippen LogP contribution in [-0.2, 0) is 13.6 Å². The summed E-state index contributed by atoms with van der Waals surface area (Å²) in [6.45, 7) is 0.662. The summed E-state index contributed by atoms with van der Waals surface area (Å²) in [4.78, 5) is 16.7. The molecule has 0 aliphatic carbocycles. The second kappa shape index (κ2) is 4.58. The number of fused-ring (bicyclic) bond motifs is 1. The number of nitrogens with one attached hydrogen (secondary N) is 3. The van der Waals surface area contributed by atoms with Gasteiger partial charge in [-0.2, -0.15) is 5.10 Å². The molecule has 0 amide bonds. The molecule has 0 unspecified atom stereocenters. The summed E-state index contributed by atoms with van der Waals surface area (Å²) in [5.41, 5.74) is 3.35. The van der Waals surface area contributed by atoms with Gasteiger partial charge in [-0.25, -0.2) is 4.79 Å². The molecule has 3 aromatic rings. The second-order valence-corrected chi connectivity index (χ2v) is 5.11. The molecule has 98 valence electrons. The average Bonchev–Trinajstić information content (AvgIpc) is 2.91. The maximum absolute atomic E-state index is 11.2. The second-order valence-electron chi connectivity index (χ2n) is 4.26. The van der Waals surface area contributed by atoms with Gasteiger partial charge < -0.3 is 15.3 Å². The topological polar surface area (TPSA) is 78.5 Å². The number of hydrogen-bond acceptors (Lipinski definition) is 3. The normalized spacial score (nSPS) is 11.1. The smallest absolute Gasteiger partial charge is 0.323 e. The Labute approximate surface area is 117 Å². The third kappa shape index (κ3) is 2.28. The highest BCUT2D eigenvalue weighted by atomic mass is 79.9. The van der Waals surface area contributed by atoms with E-state index in [2.05, 4.69) is 36.3 Å². The van der Waals surface area contributed by atoms with Crippen LogP contribution in [0.4, 0.5) is 5.69 Å². The van der Waals surface area contributed by atoms with Crippen LogP contribution in [0.3, 0.4) is 0 Å². The Hall–Kier alpha value is -2.02. The van der Waals surface area contributed by atoms with E-state index in [0.717, 1.165) is 26.9 Å². The van der Waals surface area contributed by atoms with Gasteiger partial charge in [0.15, 0.2) is 0 Å². The lowest BCUT2D eigenvalue weighted by Gasteiger charge is -2.09. The fourth-order valence-electron chi connectivity index (χ4n) is 1.95. The molecule has 2 heterocycles. The highest BCUT2D eigenvalue weighted by Gasteiger charge is 2.06. The van der Waals surface area contributed by atoms with Crippen LogP contribution in [0.5, 0.6) is 0 Å². The van der Waals surface area contributed by atoms with Gasteiger partial charge in [0.25, 0.3) is 0 Å². The fraction of sp³-hybridized carbons (Fsp3) is 0.167. The molecule has 0 fully saturated rings. The largest absolute Gasteiger partial charge is 0.378 e. The summed E-state index contributed by atoms with van der Waals surface area (Å²) in [5, 5.41) is 7.43. The van der Waals surface area contributed by atoms with Crippen molar-refractivity contribution in [1.82, 2.24) is 19.7 Å². The molecule has 6 nitrogen and oxygen atoms in total. The first-order valence-electron chi connectivity index (χ1n) is 5.76. The minimum Gasteiger partial charge on any atom is -0.378 e. The molecule has 3 N–H and O–H groups in total. The lowest BCUT2D eigenvalue weighted by molar-refractivity contribution is 0.720. The molecule has 3 rings (SSSR count). The molecule has 0 saturated carbocycles. The Kier molecular flexibility index (Phi) is 2.90. The Morgan fingerprint density at radius 2 is 2.11 bits per heavy atom. The van der Waals surface area contributed by atoms with E-state index in [1.807, 2.05) is 29.9 Å². The highest BCUT2D eigenvalue weighted by Crippen LogP contribution is 2.26. The quantitative estimate of drug-likeness (QED) is 0.690. The van der Waals surface area contributed by atoms with Crippen molar-refractivity contribution in [2.45, 2.75) is 6.54 Å². The summed E-state index contributed by atoms with van der Waals surface area (Å²) < 4.78 is 2.72. The van der Waals surface area contributed by atoms with Crippen molar-refractivity contribution < 1.29 is 0 Å². The summed E-state index contributed by atoms with van der Waals surface area (Å²) in [7, 11) is 1.90. The molecule has 0 atom stereocenters. The zero-order chi connectivity index (χ0) is 13.4. The van der Waals surface area contributed by atoms with E-state index in [4.69, 9.17) is 0 Å². The van der Waals surface area contributed by atoms with E-state index < -0.39 is 0 Å². The van der Waals surface area contributed by atoms with Crippen molar-refractivity contribution in [1.29, 1.82) is 0 Å². The van der Waals surface area contributed by atoms with E-state index in [-0.39, 0.29) is 5.69 Å². The molecule has 7 heteroatoms. The Morgan fingerprint density at radius 3 is 2.79 bits per heavy atom. The third-order valence-electron chi connectivity index (χ3n) is 2.99. The van der Waals surface area contributed by atoms with Crippen molar-refractivity contribution in [3.8, 4) is 0 Å². The van der Waals surface area contributed by atoms with Crippen molar-refractivity contribution in [2.24, 2.45) is 7.05 Å². The number of imidazole rings is 1. The number of hydrogen-bond donors (Lipinski definition) is 3. The Morgan fingerprint density at radius 1 is 1.37 bits per heavy atom. The first-order chi connectivity index (χ1) is 9.13. The van der Waals surface area contributed by atoms with Crippen molar-refractivity contribution in [3.05, 3.63) is 45.0 Å². The maximum atomic E-state index is 11.2. The summed E-state index contributed by atoms with van der Waals surface area (Å²) >= 11 is 3.49. The predicted molar refractivity (Wildman–Crippen MR) is 77.2 cm³/mol. The van der Waals surface area contributed by atoms with Crippen LogP contribution >= 0.6 is 15.9 Å². The molecular formula is C12H12BrN5O. The van der Waals surface area contributed by atoms with E-state index >= 15 is 0 Å². The molecule has 0 radical (unpaired) electrons. The minimum absolute atomic E-state index is 0.203. The van der Waals surface area contributed by atoms with E-state index in [0.29, 0.717) is 6.54 Å². The van der Waals surface area contributed by atoms with Crippen LogP contribution in [0, 0.1) is 0 Å². The molecule has 0 spiro atoms. The Bertz CT molecular complexity index is 785. The first-order valence-corrected chi connectivity index (χ1v) is 6.55. The van der Waals surface area contributed by atoms with Gasteiger partial charge in [0.05, 0.1) is 29.0 Å². The highest BCUT2D eigenvalue weighted by molar-refractivity contribution is 9.10. The molecule has 0 saturated heterocycles.